The van der Waals surface area contributed by atoms with E-state index >= 15 is 0 Å². The fourth-order valence-electron chi connectivity index (χ4n) is 2.68. The van der Waals surface area contributed by atoms with E-state index in [9.17, 15) is 0 Å². The zero-order valence-corrected chi connectivity index (χ0v) is 14.1. The Labute approximate surface area is 152 Å². The third-order valence-corrected chi connectivity index (χ3v) is 3.95. The predicted octanol–water partition coefficient (Wildman–Crippen LogP) is 6.08. The molecule has 125 valence electrons. The number of ether oxygens (including phenoxy) is 1. The molecule has 0 aliphatic heterocycles. The van der Waals surface area contributed by atoms with Crippen LogP contribution in [0.3, 0.4) is 0 Å². The number of anilines is 2. The van der Waals surface area contributed by atoms with Gasteiger partial charge in [0.1, 0.15) is 11.5 Å². The number of pyridine rings is 1. The topological polar surface area (TPSA) is 34.2 Å². The zero-order chi connectivity index (χ0) is 17.6. The second-order valence-corrected chi connectivity index (χ2v) is 5.78. The number of hydrogen-bond acceptors (Lipinski definition) is 3. The van der Waals surface area contributed by atoms with Crippen LogP contribution in [-0.2, 0) is 0 Å². The zero-order valence-electron chi connectivity index (χ0n) is 14.1. The van der Waals surface area contributed by atoms with E-state index in [1.54, 1.807) is 6.20 Å². The van der Waals surface area contributed by atoms with Gasteiger partial charge in [0.15, 0.2) is 0 Å². The van der Waals surface area contributed by atoms with Crippen LogP contribution in [-0.4, -0.2) is 4.98 Å². The van der Waals surface area contributed by atoms with Crippen molar-refractivity contribution in [1.29, 1.82) is 0 Å². The molecule has 0 spiro atoms. The van der Waals surface area contributed by atoms with Crippen molar-refractivity contribution in [3.63, 3.8) is 0 Å². The molecule has 0 unspecified atom stereocenters. The first kappa shape index (κ1) is 15.9. The van der Waals surface area contributed by atoms with Gasteiger partial charge in [0.25, 0.3) is 0 Å². The van der Waals surface area contributed by atoms with Gasteiger partial charge in [-0.15, -0.1) is 0 Å². The molecular weight excluding hydrogens is 320 g/mol. The van der Waals surface area contributed by atoms with Crippen molar-refractivity contribution in [1.82, 2.24) is 4.98 Å². The minimum absolute atomic E-state index is 0.800. The molecule has 3 aromatic carbocycles. The van der Waals surface area contributed by atoms with Crippen LogP contribution in [0.5, 0.6) is 11.5 Å². The summed E-state index contributed by atoms with van der Waals surface area (Å²) in [6, 6.07) is 30.6. The maximum Gasteiger partial charge on any atom is 0.127 e. The highest BCUT2D eigenvalue weighted by Gasteiger charge is 2.05. The van der Waals surface area contributed by atoms with Crippen LogP contribution in [0.1, 0.15) is 0 Å². The van der Waals surface area contributed by atoms with Crippen LogP contribution in [0.2, 0.25) is 0 Å². The smallest absolute Gasteiger partial charge is 0.127 e. The monoisotopic (exact) mass is 337 g/mol. The van der Waals surface area contributed by atoms with E-state index in [4.69, 9.17) is 4.74 Å². The number of nitrogens with zero attached hydrogens (tertiary/aromatic N) is 1. The number of para-hydroxylation sites is 1. The standard InChI is InChI=1S/C23H17N2O/c1-3-7-18(8-4-1)22-17-24-16-15-23(22)25-19-11-13-21(14-12-19)26-20-9-5-2-6-10-20/h1-3,5-17H,(H,24,25). The Morgan fingerprint density at radius 1 is 0.808 bits per heavy atom. The largest absolute Gasteiger partial charge is 0.457 e. The van der Waals surface area contributed by atoms with Crippen molar-refractivity contribution in [3.05, 3.63) is 103 Å². The fourth-order valence-corrected chi connectivity index (χ4v) is 2.68. The normalized spacial score (nSPS) is 10.3. The van der Waals surface area contributed by atoms with Crippen LogP contribution in [0.4, 0.5) is 11.4 Å². The molecule has 4 rings (SSSR count). The van der Waals surface area contributed by atoms with Crippen molar-refractivity contribution in [2.45, 2.75) is 0 Å². The molecular formula is C23H17N2O. The van der Waals surface area contributed by atoms with Crippen LogP contribution >= 0.6 is 0 Å². The Bertz CT molecular complexity index is 968. The molecule has 26 heavy (non-hydrogen) atoms. The van der Waals surface area contributed by atoms with Crippen molar-refractivity contribution in [2.75, 3.05) is 5.32 Å². The molecule has 3 nitrogen and oxygen atoms in total. The molecule has 0 fully saturated rings. The Morgan fingerprint density at radius 3 is 2.38 bits per heavy atom. The number of aromatic nitrogens is 1. The molecule has 0 atom stereocenters. The van der Waals surface area contributed by atoms with E-state index in [1.165, 1.54) is 0 Å². The predicted molar refractivity (Wildman–Crippen MR) is 105 cm³/mol. The molecule has 4 aromatic rings. The maximum atomic E-state index is 5.83. The minimum Gasteiger partial charge on any atom is -0.457 e. The van der Waals surface area contributed by atoms with E-state index in [0.29, 0.717) is 0 Å². The Morgan fingerprint density at radius 2 is 1.62 bits per heavy atom. The molecule has 0 amide bonds. The lowest BCUT2D eigenvalue weighted by Gasteiger charge is -2.12. The van der Waals surface area contributed by atoms with Gasteiger partial charge in [-0.2, -0.15) is 0 Å². The maximum absolute atomic E-state index is 5.83. The van der Waals surface area contributed by atoms with Gasteiger partial charge in [0, 0.05) is 29.3 Å². The molecule has 0 saturated heterocycles. The van der Waals surface area contributed by atoms with E-state index in [0.717, 1.165) is 34.0 Å². The highest BCUT2D eigenvalue weighted by Crippen LogP contribution is 2.30. The van der Waals surface area contributed by atoms with Gasteiger partial charge in [-0.25, -0.2) is 0 Å². The van der Waals surface area contributed by atoms with Gasteiger partial charge in [-0.05, 0) is 60.2 Å². The quantitative estimate of drug-likeness (QED) is 0.479. The third-order valence-electron chi connectivity index (χ3n) is 3.95. The van der Waals surface area contributed by atoms with E-state index in [2.05, 4.69) is 22.4 Å². The average molecular weight is 337 g/mol. The second-order valence-electron chi connectivity index (χ2n) is 5.78. The van der Waals surface area contributed by atoms with Gasteiger partial charge < -0.3 is 10.1 Å². The Balaban J connectivity index is 1.53. The van der Waals surface area contributed by atoms with Crippen molar-refractivity contribution >= 4 is 11.4 Å². The van der Waals surface area contributed by atoms with Crippen LogP contribution in [0.25, 0.3) is 11.1 Å². The first-order valence-electron chi connectivity index (χ1n) is 8.39. The summed E-state index contributed by atoms with van der Waals surface area (Å²) in [5, 5.41) is 3.45. The molecule has 1 aromatic heterocycles. The summed E-state index contributed by atoms with van der Waals surface area (Å²) in [4.78, 5) is 4.25. The molecule has 0 aliphatic rings. The first-order chi connectivity index (χ1) is 12.9. The summed E-state index contributed by atoms with van der Waals surface area (Å²) in [7, 11) is 0. The van der Waals surface area contributed by atoms with Crippen LogP contribution in [0, 0.1) is 6.07 Å². The van der Waals surface area contributed by atoms with Gasteiger partial charge in [-0.3, -0.25) is 4.98 Å². The Hall–Kier alpha value is -3.59. The van der Waals surface area contributed by atoms with E-state index in [1.807, 2.05) is 85.1 Å². The van der Waals surface area contributed by atoms with E-state index < -0.39 is 0 Å². The van der Waals surface area contributed by atoms with E-state index in [-0.39, 0.29) is 0 Å². The molecule has 0 bridgehead atoms. The summed E-state index contributed by atoms with van der Waals surface area (Å²) >= 11 is 0. The lowest BCUT2D eigenvalue weighted by Crippen LogP contribution is -1.94. The summed E-state index contributed by atoms with van der Waals surface area (Å²) in [5.41, 5.74) is 4.09. The molecule has 1 heterocycles. The minimum atomic E-state index is 0.800. The van der Waals surface area contributed by atoms with Gasteiger partial charge >= 0.3 is 0 Å². The summed E-state index contributed by atoms with van der Waals surface area (Å²) in [6.07, 6.45) is 3.64. The van der Waals surface area contributed by atoms with Crippen molar-refractivity contribution in [2.24, 2.45) is 0 Å². The molecule has 0 saturated carbocycles. The lowest BCUT2D eigenvalue weighted by molar-refractivity contribution is 0.483. The summed E-state index contributed by atoms with van der Waals surface area (Å²) in [6.45, 7) is 0. The molecule has 3 heteroatoms. The highest BCUT2D eigenvalue weighted by molar-refractivity contribution is 5.80. The number of benzene rings is 3. The van der Waals surface area contributed by atoms with Crippen LogP contribution < -0.4 is 10.1 Å². The summed E-state index contributed by atoms with van der Waals surface area (Å²) in [5.74, 6) is 1.62. The lowest BCUT2D eigenvalue weighted by atomic mass is 10.1. The Kier molecular flexibility index (Phi) is 4.61. The molecule has 1 N–H and O–H groups in total. The van der Waals surface area contributed by atoms with Gasteiger partial charge in [0.2, 0.25) is 0 Å². The van der Waals surface area contributed by atoms with Crippen molar-refractivity contribution in [3.8, 4) is 22.6 Å². The van der Waals surface area contributed by atoms with Crippen LogP contribution in [0.15, 0.2) is 97.3 Å². The number of nitrogens with one attached hydrogen (secondary N) is 1. The molecule has 1 radical (unpaired) electrons. The van der Waals surface area contributed by atoms with Gasteiger partial charge in [-0.1, -0.05) is 36.4 Å². The molecule has 0 aliphatic carbocycles. The SMILES string of the molecule is [c]1cccc(-c2cnccc2Nc2ccc(Oc3ccccc3)cc2)c1. The second kappa shape index (κ2) is 7.53. The number of hydrogen-bond donors (Lipinski definition) is 1. The average Bonchev–Trinajstić information content (AvgIpc) is 2.71. The fraction of sp³-hybridized carbons (Fsp3) is 0. The first-order valence-corrected chi connectivity index (χ1v) is 8.39. The summed E-state index contributed by atoms with van der Waals surface area (Å²) < 4.78 is 5.83. The van der Waals surface area contributed by atoms with Gasteiger partial charge in [0.05, 0.1) is 0 Å². The van der Waals surface area contributed by atoms with Crippen molar-refractivity contribution < 1.29 is 4.74 Å². The highest BCUT2D eigenvalue weighted by atomic mass is 16.5. The third kappa shape index (κ3) is 3.73. The number of rotatable bonds is 5.